The Hall–Kier alpha value is -1.96. The van der Waals surface area contributed by atoms with Gasteiger partial charge >= 0.3 is 0 Å². The summed E-state index contributed by atoms with van der Waals surface area (Å²) in [5.74, 6) is 0.0314. The van der Waals surface area contributed by atoms with Crippen molar-refractivity contribution in [1.29, 1.82) is 0 Å². The second-order valence-electron chi connectivity index (χ2n) is 6.98. The Morgan fingerprint density at radius 3 is 2.41 bits per heavy atom. The number of benzene rings is 1. The van der Waals surface area contributed by atoms with E-state index in [4.69, 9.17) is 4.74 Å². The molecule has 27 heavy (non-hydrogen) atoms. The molecule has 0 radical (unpaired) electrons. The van der Waals surface area contributed by atoms with E-state index in [1.807, 2.05) is 44.2 Å². The topological polar surface area (TPSA) is 76.1 Å². The summed E-state index contributed by atoms with van der Waals surface area (Å²) in [6, 6.07) is 9.76. The Balaban J connectivity index is 1.67. The van der Waals surface area contributed by atoms with Crippen molar-refractivity contribution in [2.45, 2.75) is 36.7 Å². The molecule has 2 heterocycles. The van der Waals surface area contributed by atoms with Crippen LogP contribution in [0.5, 0.6) is 0 Å². The molecule has 1 aliphatic heterocycles. The smallest absolute Gasteiger partial charge is 0.233 e. The number of ether oxygens (including phenoxy) is 1. The van der Waals surface area contributed by atoms with Crippen molar-refractivity contribution >= 4 is 23.4 Å². The zero-order chi connectivity index (χ0) is 19.3. The third kappa shape index (κ3) is 5.06. The monoisotopic (exact) mass is 386 g/mol. The first-order valence-corrected chi connectivity index (χ1v) is 9.94. The summed E-state index contributed by atoms with van der Waals surface area (Å²) in [5, 5.41) is 7.10. The number of amides is 1. The summed E-state index contributed by atoms with van der Waals surface area (Å²) in [7, 11) is 1.65. The molecule has 0 bridgehead atoms. The second kappa shape index (κ2) is 8.82. The molecule has 0 aliphatic carbocycles. The highest BCUT2D eigenvalue weighted by atomic mass is 32.2. The van der Waals surface area contributed by atoms with Gasteiger partial charge in [0.2, 0.25) is 5.91 Å². The fraction of sp³-hybridized carbons (Fsp3) is 0.450. The fourth-order valence-electron chi connectivity index (χ4n) is 3.33. The van der Waals surface area contributed by atoms with Crippen LogP contribution in [0, 0.1) is 19.3 Å². The first-order valence-electron chi connectivity index (χ1n) is 9.12. The van der Waals surface area contributed by atoms with Crippen LogP contribution in [0.15, 0.2) is 40.4 Å². The normalized spacial score (nSPS) is 16.1. The van der Waals surface area contributed by atoms with Crippen LogP contribution in [-0.4, -0.2) is 42.7 Å². The van der Waals surface area contributed by atoms with Gasteiger partial charge in [-0.2, -0.15) is 0 Å². The van der Waals surface area contributed by atoms with Gasteiger partial charge in [-0.1, -0.05) is 0 Å². The highest BCUT2D eigenvalue weighted by Crippen LogP contribution is 2.31. The average molecular weight is 387 g/mol. The number of piperidine rings is 1. The third-order valence-electron chi connectivity index (χ3n) is 4.75. The Labute approximate surface area is 164 Å². The predicted molar refractivity (Wildman–Crippen MR) is 107 cm³/mol. The first kappa shape index (κ1) is 19.8. The largest absolute Gasteiger partial charge is 0.384 e. The van der Waals surface area contributed by atoms with Crippen LogP contribution in [0.25, 0.3) is 0 Å². The van der Waals surface area contributed by atoms with E-state index in [9.17, 15) is 4.79 Å². The molecule has 6 nitrogen and oxygen atoms in total. The molecule has 0 atom stereocenters. The summed E-state index contributed by atoms with van der Waals surface area (Å²) in [6.45, 7) is 6.05. The van der Waals surface area contributed by atoms with Crippen molar-refractivity contribution in [3.63, 3.8) is 0 Å². The van der Waals surface area contributed by atoms with Crippen LogP contribution in [0.1, 0.15) is 24.2 Å². The van der Waals surface area contributed by atoms with Crippen LogP contribution < -0.4 is 10.6 Å². The Bertz CT molecular complexity index is 763. The number of anilines is 1. The molecule has 144 valence electrons. The van der Waals surface area contributed by atoms with Gasteiger partial charge in [0, 0.05) is 29.1 Å². The van der Waals surface area contributed by atoms with Crippen molar-refractivity contribution in [3.8, 4) is 0 Å². The lowest BCUT2D eigenvalue weighted by molar-refractivity contribution is -0.130. The van der Waals surface area contributed by atoms with Crippen LogP contribution >= 0.6 is 11.8 Å². The van der Waals surface area contributed by atoms with Gasteiger partial charge in [0.15, 0.2) is 5.16 Å². The van der Waals surface area contributed by atoms with E-state index >= 15 is 0 Å². The minimum atomic E-state index is -0.458. The number of hydrogen-bond acceptors (Lipinski definition) is 6. The van der Waals surface area contributed by atoms with Crippen LogP contribution in [0.2, 0.25) is 0 Å². The number of carbonyl (C=O) groups is 1. The molecule has 0 spiro atoms. The molecule has 3 rings (SSSR count). The zero-order valence-electron chi connectivity index (χ0n) is 16.0. The van der Waals surface area contributed by atoms with E-state index < -0.39 is 5.41 Å². The molecule has 1 aromatic heterocycles. The lowest BCUT2D eigenvalue weighted by Gasteiger charge is -2.35. The Morgan fingerprint density at radius 2 is 1.81 bits per heavy atom. The number of aryl methyl sites for hydroxylation is 2. The molecule has 0 saturated carbocycles. The maximum atomic E-state index is 12.9. The van der Waals surface area contributed by atoms with Crippen molar-refractivity contribution < 1.29 is 9.53 Å². The van der Waals surface area contributed by atoms with Crippen LogP contribution in [-0.2, 0) is 9.53 Å². The van der Waals surface area contributed by atoms with Gasteiger partial charge in [0.05, 0.1) is 12.0 Å². The number of nitrogens with zero attached hydrogens (tertiary/aromatic N) is 2. The molecule has 1 fully saturated rings. The van der Waals surface area contributed by atoms with E-state index in [1.54, 1.807) is 7.11 Å². The molecular formula is C20H26N4O2S. The molecule has 1 aromatic carbocycles. The summed E-state index contributed by atoms with van der Waals surface area (Å²) in [6.07, 6.45) is 1.56. The molecule has 7 heteroatoms. The van der Waals surface area contributed by atoms with Gasteiger partial charge in [-0.25, -0.2) is 9.97 Å². The van der Waals surface area contributed by atoms with Gasteiger partial charge in [-0.15, -0.1) is 0 Å². The SMILES string of the molecule is COCC1(C(=O)Nc2ccc(Sc3nc(C)cc(C)n3)cc2)CCNCC1. The number of carbonyl (C=O) groups excluding carboxylic acids is 1. The maximum Gasteiger partial charge on any atom is 0.233 e. The average Bonchev–Trinajstić information content (AvgIpc) is 2.63. The summed E-state index contributed by atoms with van der Waals surface area (Å²) in [4.78, 5) is 22.8. The first-order chi connectivity index (χ1) is 13.0. The van der Waals surface area contributed by atoms with Crippen molar-refractivity contribution in [3.05, 3.63) is 41.7 Å². The van der Waals surface area contributed by atoms with Gasteiger partial charge in [0.1, 0.15) is 0 Å². The Kier molecular flexibility index (Phi) is 6.46. The van der Waals surface area contributed by atoms with Gasteiger partial charge < -0.3 is 15.4 Å². The summed E-state index contributed by atoms with van der Waals surface area (Å²) in [5.41, 5.74) is 2.25. The zero-order valence-corrected chi connectivity index (χ0v) is 16.9. The lowest BCUT2D eigenvalue weighted by atomic mass is 9.78. The van der Waals surface area contributed by atoms with E-state index in [-0.39, 0.29) is 5.91 Å². The standard InChI is InChI=1S/C20H26N4O2S/c1-14-12-15(2)23-19(22-14)27-17-6-4-16(5-7-17)24-18(25)20(13-26-3)8-10-21-11-9-20/h4-7,12,21H,8-11,13H2,1-3H3,(H,24,25). The number of hydrogen-bond donors (Lipinski definition) is 2. The predicted octanol–water partition coefficient (Wildman–Crippen LogP) is 3.20. The number of nitrogens with one attached hydrogen (secondary N) is 2. The number of methoxy groups -OCH3 is 1. The van der Waals surface area contributed by atoms with E-state index in [2.05, 4.69) is 20.6 Å². The third-order valence-corrected chi connectivity index (χ3v) is 5.62. The molecule has 0 unspecified atom stereocenters. The van der Waals surface area contributed by atoms with E-state index in [0.717, 1.165) is 53.1 Å². The highest BCUT2D eigenvalue weighted by molar-refractivity contribution is 7.99. The number of aromatic nitrogens is 2. The van der Waals surface area contributed by atoms with Crippen molar-refractivity contribution in [1.82, 2.24) is 15.3 Å². The molecule has 1 aliphatic rings. The highest BCUT2D eigenvalue weighted by Gasteiger charge is 2.39. The van der Waals surface area contributed by atoms with Crippen molar-refractivity contribution in [2.24, 2.45) is 5.41 Å². The minimum Gasteiger partial charge on any atom is -0.384 e. The van der Waals surface area contributed by atoms with Crippen LogP contribution in [0.3, 0.4) is 0 Å². The number of rotatable bonds is 6. The van der Waals surface area contributed by atoms with E-state index in [0.29, 0.717) is 6.61 Å². The molecule has 1 saturated heterocycles. The molecule has 1 amide bonds. The maximum absolute atomic E-state index is 12.9. The molecule has 2 aromatic rings. The van der Waals surface area contributed by atoms with Gasteiger partial charge in [-0.3, -0.25) is 4.79 Å². The summed E-state index contributed by atoms with van der Waals surface area (Å²) < 4.78 is 5.34. The van der Waals surface area contributed by atoms with Gasteiger partial charge in [0.25, 0.3) is 0 Å². The van der Waals surface area contributed by atoms with Crippen LogP contribution in [0.4, 0.5) is 5.69 Å². The minimum absolute atomic E-state index is 0.0314. The Morgan fingerprint density at radius 1 is 1.19 bits per heavy atom. The van der Waals surface area contributed by atoms with Crippen molar-refractivity contribution in [2.75, 3.05) is 32.1 Å². The fourth-order valence-corrected chi connectivity index (χ4v) is 4.20. The van der Waals surface area contributed by atoms with Gasteiger partial charge in [-0.05, 0) is 81.9 Å². The lowest BCUT2D eigenvalue weighted by Crippen LogP contribution is -2.47. The quantitative estimate of drug-likeness (QED) is 0.743. The second-order valence-corrected chi connectivity index (χ2v) is 8.02. The molecule has 2 N–H and O–H groups in total. The van der Waals surface area contributed by atoms with E-state index in [1.165, 1.54) is 11.8 Å². The summed E-state index contributed by atoms with van der Waals surface area (Å²) >= 11 is 1.52. The molecular weight excluding hydrogens is 360 g/mol.